The number of hydrogen-bond acceptors (Lipinski definition) is 6. The predicted octanol–water partition coefficient (Wildman–Crippen LogP) is -0.430. The van der Waals surface area contributed by atoms with Crippen molar-refractivity contribution in [2.24, 2.45) is 0 Å². The number of ether oxygens (including phenoxy) is 1. The lowest BCUT2D eigenvalue weighted by Crippen LogP contribution is -2.31. The highest BCUT2D eigenvalue weighted by molar-refractivity contribution is 6.00. The molecule has 110 valence electrons. The van der Waals surface area contributed by atoms with E-state index in [0.29, 0.717) is 0 Å². The molecule has 0 radical (unpaired) electrons. The molecule has 21 heavy (non-hydrogen) atoms. The Labute approximate surface area is 119 Å². The lowest BCUT2D eigenvalue weighted by molar-refractivity contribution is -0.141. The summed E-state index contributed by atoms with van der Waals surface area (Å²) in [6.45, 7) is 1.65. The summed E-state index contributed by atoms with van der Waals surface area (Å²) in [5.74, 6) is -1.07. The van der Waals surface area contributed by atoms with E-state index >= 15 is 0 Å². The van der Waals surface area contributed by atoms with Crippen LogP contribution in [0.25, 0.3) is 5.65 Å². The first kappa shape index (κ1) is 14.5. The second-order valence-electron chi connectivity index (χ2n) is 4.12. The molecule has 0 aromatic carbocycles. The third-order valence-electron chi connectivity index (χ3n) is 2.70. The van der Waals surface area contributed by atoms with Crippen LogP contribution in [-0.4, -0.2) is 34.4 Å². The second kappa shape index (κ2) is 6.04. The first-order chi connectivity index (χ1) is 10.0. The number of esters is 1. The van der Waals surface area contributed by atoms with E-state index in [9.17, 15) is 14.4 Å². The smallest absolute Gasteiger partial charge is 0.325 e. The van der Waals surface area contributed by atoms with E-state index < -0.39 is 17.4 Å². The van der Waals surface area contributed by atoms with Gasteiger partial charge in [0.1, 0.15) is 12.2 Å². The monoisotopic (exact) mass is 290 g/mol. The maximum atomic E-state index is 12.1. The molecule has 1 amide bonds. The van der Waals surface area contributed by atoms with Crippen molar-refractivity contribution < 1.29 is 14.3 Å². The van der Waals surface area contributed by atoms with Crippen LogP contribution in [0, 0.1) is 0 Å². The van der Waals surface area contributed by atoms with E-state index in [1.165, 1.54) is 28.9 Å². The lowest BCUT2D eigenvalue weighted by atomic mass is 10.2. The van der Waals surface area contributed by atoms with E-state index in [1.807, 2.05) is 0 Å². The number of nitrogens with zero attached hydrogens (tertiary/aromatic N) is 2. The van der Waals surface area contributed by atoms with Gasteiger partial charge in [-0.1, -0.05) is 0 Å². The zero-order valence-electron chi connectivity index (χ0n) is 11.3. The number of pyridine rings is 1. The Balaban J connectivity index is 2.30. The Morgan fingerprint density at radius 1 is 1.48 bits per heavy atom. The van der Waals surface area contributed by atoms with Crippen molar-refractivity contribution in [3.63, 3.8) is 0 Å². The van der Waals surface area contributed by atoms with Gasteiger partial charge in [-0.2, -0.15) is 0 Å². The minimum atomic E-state index is -0.541. The quantitative estimate of drug-likeness (QED) is 0.738. The van der Waals surface area contributed by atoms with E-state index in [2.05, 4.69) is 10.3 Å². The van der Waals surface area contributed by atoms with Gasteiger partial charge < -0.3 is 15.8 Å². The van der Waals surface area contributed by atoms with Crippen LogP contribution in [0.15, 0.2) is 29.3 Å². The number of fused-ring (bicyclic) bond motifs is 1. The van der Waals surface area contributed by atoms with E-state index in [-0.39, 0.29) is 30.0 Å². The molecular weight excluding hydrogens is 276 g/mol. The number of nitrogen functional groups attached to an aromatic ring is 1. The van der Waals surface area contributed by atoms with Gasteiger partial charge in [0, 0.05) is 6.20 Å². The molecule has 0 aliphatic carbocycles. The summed E-state index contributed by atoms with van der Waals surface area (Å²) < 4.78 is 5.88. The van der Waals surface area contributed by atoms with Crippen LogP contribution in [0.4, 0.5) is 5.69 Å². The summed E-state index contributed by atoms with van der Waals surface area (Å²) in [6.07, 6.45) is 2.66. The number of nitrogens with one attached hydrogen (secondary N) is 1. The van der Waals surface area contributed by atoms with Gasteiger partial charge >= 0.3 is 5.97 Å². The fourth-order valence-corrected chi connectivity index (χ4v) is 1.76. The average Bonchev–Trinajstić information content (AvgIpc) is 2.48. The Kier molecular flexibility index (Phi) is 4.17. The van der Waals surface area contributed by atoms with Crippen LogP contribution in [0.2, 0.25) is 0 Å². The molecule has 0 unspecified atom stereocenters. The van der Waals surface area contributed by atoms with Crippen LogP contribution in [0.1, 0.15) is 17.3 Å². The van der Waals surface area contributed by atoms with E-state index in [4.69, 9.17) is 10.5 Å². The maximum Gasteiger partial charge on any atom is 0.325 e. The third-order valence-corrected chi connectivity index (χ3v) is 2.70. The Hall–Kier alpha value is -2.90. The van der Waals surface area contributed by atoms with Crippen LogP contribution in [0.3, 0.4) is 0 Å². The zero-order chi connectivity index (χ0) is 15.4. The second-order valence-corrected chi connectivity index (χ2v) is 4.12. The minimum Gasteiger partial charge on any atom is -0.465 e. The van der Waals surface area contributed by atoms with Crippen molar-refractivity contribution in [2.45, 2.75) is 6.92 Å². The zero-order valence-corrected chi connectivity index (χ0v) is 11.3. The van der Waals surface area contributed by atoms with Gasteiger partial charge in [0.15, 0.2) is 5.65 Å². The lowest BCUT2D eigenvalue weighted by Gasteiger charge is -2.08. The molecule has 0 aliphatic heterocycles. The van der Waals surface area contributed by atoms with Gasteiger partial charge in [0.2, 0.25) is 0 Å². The minimum absolute atomic E-state index is 0.0171. The molecule has 0 saturated heterocycles. The molecule has 0 fully saturated rings. The van der Waals surface area contributed by atoms with Crippen molar-refractivity contribution in [1.29, 1.82) is 0 Å². The van der Waals surface area contributed by atoms with Gasteiger partial charge in [-0.25, -0.2) is 4.98 Å². The average molecular weight is 290 g/mol. The molecule has 2 rings (SSSR count). The molecule has 2 aromatic rings. The first-order valence-electron chi connectivity index (χ1n) is 6.24. The number of rotatable bonds is 4. The summed E-state index contributed by atoms with van der Waals surface area (Å²) in [5, 5.41) is 2.41. The van der Waals surface area contributed by atoms with Crippen LogP contribution >= 0.6 is 0 Å². The van der Waals surface area contributed by atoms with Crippen LogP contribution < -0.4 is 16.6 Å². The van der Waals surface area contributed by atoms with Gasteiger partial charge in [-0.15, -0.1) is 0 Å². The first-order valence-corrected chi connectivity index (χ1v) is 6.24. The fourth-order valence-electron chi connectivity index (χ4n) is 1.76. The maximum absolute atomic E-state index is 12.1. The molecule has 0 saturated carbocycles. The predicted molar refractivity (Wildman–Crippen MR) is 74.8 cm³/mol. The summed E-state index contributed by atoms with van der Waals surface area (Å²) in [7, 11) is 0. The van der Waals surface area contributed by atoms with E-state index in [0.717, 1.165) is 0 Å². The summed E-state index contributed by atoms with van der Waals surface area (Å²) in [4.78, 5) is 39.1. The number of nitrogens with two attached hydrogens (primary N) is 1. The Morgan fingerprint density at radius 2 is 2.24 bits per heavy atom. The highest BCUT2D eigenvalue weighted by Crippen LogP contribution is 2.07. The van der Waals surface area contributed by atoms with Crippen LogP contribution in [-0.2, 0) is 9.53 Å². The highest BCUT2D eigenvalue weighted by Gasteiger charge is 2.14. The van der Waals surface area contributed by atoms with E-state index in [1.54, 1.807) is 6.92 Å². The largest absolute Gasteiger partial charge is 0.465 e. The topological polar surface area (TPSA) is 116 Å². The van der Waals surface area contributed by atoms with Crippen LogP contribution in [0.5, 0.6) is 0 Å². The normalized spacial score (nSPS) is 10.3. The molecule has 2 heterocycles. The number of carbonyl (C=O) groups is 2. The molecular formula is C13H14N4O4. The number of amides is 1. The van der Waals surface area contributed by atoms with Crippen molar-refractivity contribution in [3.05, 3.63) is 40.4 Å². The molecule has 8 heteroatoms. The summed E-state index contributed by atoms with van der Waals surface area (Å²) in [6, 6.07) is 3.02. The third kappa shape index (κ3) is 2.99. The Bertz CT molecular complexity index is 753. The molecule has 2 aromatic heterocycles. The fraction of sp³-hybridized carbons (Fsp3) is 0.231. The van der Waals surface area contributed by atoms with Gasteiger partial charge in [-0.3, -0.25) is 18.8 Å². The number of aromatic nitrogens is 2. The van der Waals surface area contributed by atoms with Crippen molar-refractivity contribution in [2.75, 3.05) is 18.9 Å². The van der Waals surface area contributed by atoms with Crippen molar-refractivity contribution >= 4 is 23.2 Å². The molecule has 0 spiro atoms. The summed E-state index contributed by atoms with van der Waals surface area (Å²) in [5.41, 5.74) is 5.34. The highest BCUT2D eigenvalue weighted by atomic mass is 16.5. The van der Waals surface area contributed by atoms with Gasteiger partial charge in [-0.05, 0) is 19.1 Å². The number of anilines is 1. The number of hydrogen-bond donors (Lipinski definition) is 2. The molecule has 3 N–H and O–H groups in total. The van der Waals surface area contributed by atoms with Crippen molar-refractivity contribution in [3.8, 4) is 0 Å². The number of carbonyl (C=O) groups excluding carboxylic acids is 2. The standard InChI is InChI=1S/C13H14N4O4/c1-2-21-10(18)7-16-12(19)8-4-3-5-17-11(8)15-6-9(14)13(17)20/h3-6H,2,7,14H2,1H3,(H,16,19). The summed E-state index contributed by atoms with van der Waals surface area (Å²) >= 11 is 0. The van der Waals surface area contributed by atoms with Crippen molar-refractivity contribution in [1.82, 2.24) is 14.7 Å². The molecule has 0 atom stereocenters. The Morgan fingerprint density at radius 3 is 2.95 bits per heavy atom. The SMILES string of the molecule is CCOC(=O)CNC(=O)c1cccn2c(=O)c(N)cnc12. The molecule has 0 bridgehead atoms. The van der Waals surface area contributed by atoms with Gasteiger partial charge in [0.25, 0.3) is 11.5 Å². The molecule has 0 aliphatic rings. The van der Waals surface area contributed by atoms with Gasteiger partial charge in [0.05, 0.1) is 18.4 Å². The molecule has 8 nitrogen and oxygen atoms in total.